The Morgan fingerprint density at radius 2 is 1.49 bits per heavy atom. The molecule has 0 bridgehead atoms. The lowest BCUT2D eigenvalue weighted by Crippen LogP contribution is -2.55. The quantitative estimate of drug-likeness (QED) is 0.0852. The van der Waals surface area contributed by atoms with Gasteiger partial charge in [0.2, 0.25) is 0 Å². The first kappa shape index (κ1) is 64.6. The fraction of sp³-hybridized carbons (Fsp3) is 0.548. The molecule has 4 saturated heterocycles. The third kappa shape index (κ3) is 17.5. The number of nitrogens with zero attached hydrogens (tertiary/aromatic N) is 6. The van der Waals surface area contributed by atoms with E-state index in [2.05, 4.69) is 48.9 Å². The second-order valence-electron chi connectivity index (χ2n) is 24.5. The number of hydrogen-bond donors (Lipinski definition) is 2. The maximum atomic E-state index is 14.4. The summed E-state index contributed by atoms with van der Waals surface area (Å²) in [4.78, 5) is 39.1. The number of benzene rings is 4. The lowest BCUT2D eigenvalue weighted by Gasteiger charge is -2.46. The van der Waals surface area contributed by atoms with Crippen LogP contribution >= 0.6 is 23.4 Å². The van der Waals surface area contributed by atoms with Crippen LogP contribution in [-0.2, 0) is 29.3 Å². The molecule has 4 fully saturated rings. The standard InChI is InChI=1S/C62H82ClF3N8O8S3/c1-60(2,3)82-59(76)74-36-34-73(35-37-74)52-23-28-71(29-24-52)45-61(4)25-21-55(46-11-15-49(63)16-12-46)48(42-61)43-70-30-32-72(33-31-70)51-17-13-47(14-18-51)58(75)68-85(79,80)54-19-20-56(57(41-54)84(77,78)62(64,65)66)67-50(44-83-53-9-6-5-7-10-53)22-27-69-26-8-39-81-40-38-69/h5-7,9-20,41,50,52,67H,8,21-40,42-45H2,1-4H3,(H,68,75)/t50?,61-/m1/s1. The highest BCUT2D eigenvalue weighted by Crippen LogP contribution is 2.45. The number of hydrogen-bond acceptors (Lipinski definition) is 15. The molecule has 2 amide bonds. The van der Waals surface area contributed by atoms with Crippen LogP contribution in [0, 0.1) is 5.41 Å². The molecule has 0 radical (unpaired) electrons. The van der Waals surface area contributed by atoms with E-state index in [0.717, 1.165) is 120 Å². The average Bonchev–Trinajstić information content (AvgIpc) is 2.28. The molecule has 0 spiro atoms. The molecule has 4 heterocycles. The zero-order valence-electron chi connectivity index (χ0n) is 49.3. The third-order valence-corrected chi connectivity index (χ3v) is 21.2. The number of allylic oxidation sites excluding steroid dienone is 1. The van der Waals surface area contributed by atoms with Crippen LogP contribution in [0.5, 0.6) is 0 Å². The van der Waals surface area contributed by atoms with Crippen LogP contribution in [0.25, 0.3) is 5.57 Å². The van der Waals surface area contributed by atoms with E-state index in [1.54, 1.807) is 12.1 Å². The number of carbonyl (C=O) groups is 2. The van der Waals surface area contributed by atoms with E-state index in [4.69, 9.17) is 21.1 Å². The first-order valence-electron chi connectivity index (χ1n) is 29.7. The number of piperazine rings is 2. The van der Waals surface area contributed by atoms with Crippen molar-refractivity contribution in [2.75, 3.05) is 127 Å². The van der Waals surface area contributed by atoms with Crippen molar-refractivity contribution in [2.24, 2.45) is 5.41 Å². The summed E-state index contributed by atoms with van der Waals surface area (Å²) >= 11 is 7.82. The molecule has 2 atom stereocenters. The predicted molar refractivity (Wildman–Crippen MR) is 330 cm³/mol. The molecular weight excluding hydrogens is 1170 g/mol. The van der Waals surface area contributed by atoms with E-state index < -0.39 is 58.4 Å². The van der Waals surface area contributed by atoms with Crippen molar-refractivity contribution in [3.63, 3.8) is 0 Å². The van der Waals surface area contributed by atoms with Crippen molar-refractivity contribution < 1.29 is 49.1 Å². The first-order chi connectivity index (χ1) is 40.4. The molecule has 16 nitrogen and oxygen atoms in total. The van der Waals surface area contributed by atoms with E-state index in [1.165, 1.54) is 40.6 Å². The highest BCUT2D eigenvalue weighted by atomic mass is 35.5. The van der Waals surface area contributed by atoms with E-state index in [0.29, 0.717) is 81.8 Å². The summed E-state index contributed by atoms with van der Waals surface area (Å²) in [5, 5.41) is 3.73. The number of carbonyl (C=O) groups excluding carboxylic acids is 2. The minimum absolute atomic E-state index is 0.0105. The number of piperidine rings is 1. The number of rotatable bonds is 19. The molecule has 85 heavy (non-hydrogen) atoms. The Kier molecular flexibility index (Phi) is 21.3. The summed E-state index contributed by atoms with van der Waals surface area (Å²) in [5.41, 5.74) is -1.70. The predicted octanol–water partition coefficient (Wildman–Crippen LogP) is 10.2. The van der Waals surface area contributed by atoms with Gasteiger partial charge in [-0.05, 0) is 162 Å². The van der Waals surface area contributed by atoms with Crippen LogP contribution in [0.1, 0.15) is 88.6 Å². The molecule has 1 unspecified atom stereocenters. The molecule has 4 aromatic rings. The summed E-state index contributed by atoms with van der Waals surface area (Å²) < 4.78 is 110. The fourth-order valence-electron chi connectivity index (χ4n) is 12.3. The van der Waals surface area contributed by atoms with Crippen LogP contribution in [0.2, 0.25) is 5.02 Å². The van der Waals surface area contributed by atoms with Gasteiger partial charge in [0.25, 0.3) is 25.8 Å². The Morgan fingerprint density at radius 3 is 2.16 bits per heavy atom. The van der Waals surface area contributed by atoms with Crippen LogP contribution in [0.3, 0.4) is 0 Å². The topological polar surface area (TPSA) is 164 Å². The van der Waals surface area contributed by atoms with Gasteiger partial charge in [0.1, 0.15) is 10.5 Å². The fourth-order valence-corrected chi connectivity index (χ4v) is 15.4. The molecule has 9 rings (SSSR count). The van der Waals surface area contributed by atoms with Crippen molar-refractivity contribution in [1.29, 1.82) is 0 Å². The zero-order valence-corrected chi connectivity index (χ0v) is 52.5. The molecule has 4 aliphatic heterocycles. The van der Waals surface area contributed by atoms with Gasteiger partial charge < -0.3 is 34.4 Å². The SMILES string of the molecule is CC(C)(C)OC(=O)N1CCN(C2CCN(C[C@]3(C)CCC(c4ccc(Cl)cc4)=C(CN4CCN(c5ccc(C(=O)NS(=O)(=O)c6ccc(NC(CCN7CCCOCC7)CSc7ccccc7)c(S(=O)(=O)C(F)(F)F)c6)cc5)CC4)C3)CC2)CC1. The molecule has 23 heteroatoms. The van der Waals surface area contributed by atoms with Crippen molar-refractivity contribution >= 4 is 72.2 Å². The average molecular weight is 1260 g/mol. The van der Waals surface area contributed by atoms with Gasteiger partial charge in [0, 0.05) is 131 Å². The number of sulfone groups is 1. The lowest BCUT2D eigenvalue weighted by atomic mass is 9.71. The molecule has 0 saturated carbocycles. The molecule has 4 aromatic carbocycles. The number of sulfonamides is 1. The van der Waals surface area contributed by atoms with Crippen LogP contribution in [-0.4, -0.2) is 194 Å². The molecule has 2 N–H and O–H groups in total. The number of amides is 2. The highest BCUT2D eigenvalue weighted by Gasteiger charge is 2.49. The lowest BCUT2D eigenvalue weighted by molar-refractivity contribution is -0.0436. The normalized spacial score (nSPS) is 21.1. The monoisotopic (exact) mass is 1250 g/mol. The van der Waals surface area contributed by atoms with Crippen molar-refractivity contribution in [2.45, 2.75) is 111 Å². The molecule has 464 valence electrons. The van der Waals surface area contributed by atoms with E-state index >= 15 is 0 Å². The Morgan fingerprint density at radius 1 is 0.800 bits per heavy atom. The van der Waals surface area contributed by atoms with Crippen LogP contribution in [0.4, 0.5) is 29.3 Å². The Bertz CT molecular complexity index is 3160. The highest BCUT2D eigenvalue weighted by molar-refractivity contribution is 7.99. The van der Waals surface area contributed by atoms with E-state index in [9.17, 15) is 39.6 Å². The Labute approximate surface area is 509 Å². The van der Waals surface area contributed by atoms with Crippen LogP contribution in [0.15, 0.2) is 117 Å². The number of nitrogens with one attached hydrogen (secondary N) is 2. The van der Waals surface area contributed by atoms with Gasteiger partial charge in [-0.1, -0.05) is 54.4 Å². The number of halogens is 4. The second-order valence-corrected chi connectivity index (χ2v) is 29.6. The summed E-state index contributed by atoms with van der Waals surface area (Å²) in [5.74, 6) is -0.670. The molecule has 1 aliphatic carbocycles. The van der Waals surface area contributed by atoms with Gasteiger partial charge in [-0.15, -0.1) is 11.8 Å². The van der Waals surface area contributed by atoms with Crippen molar-refractivity contribution in [3.05, 3.63) is 119 Å². The smallest absolute Gasteiger partial charge is 0.444 e. The summed E-state index contributed by atoms with van der Waals surface area (Å²) in [6.07, 6.45) is 6.29. The summed E-state index contributed by atoms with van der Waals surface area (Å²) in [6.45, 7) is 21.4. The van der Waals surface area contributed by atoms with Crippen molar-refractivity contribution in [3.8, 4) is 0 Å². The van der Waals surface area contributed by atoms with Gasteiger partial charge in [-0.3, -0.25) is 14.6 Å². The minimum atomic E-state index is -6.08. The van der Waals surface area contributed by atoms with Gasteiger partial charge in [-0.2, -0.15) is 13.2 Å². The van der Waals surface area contributed by atoms with E-state index in [-0.39, 0.29) is 17.1 Å². The first-order valence-corrected chi connectivity index (χ1v) is 34.0. The number of anilines is 2. The van der Waals surface area contributed by atoms with Crippen molar-refractivity contribution in [1.82, 2.24) is 29.2 Å². The van der Waals surface area contributed by atoms with Gasteiger partial charge >= 0.3 is 11.6 Å². The second kappa shape index (κ2) is 28.1. The van der Waals surface area contributed by atoms with Crippen LogP contribution < -0.4 is 14.9 Å². The maximum Gasteiger partial charge on any atom is 0.501 e. The number of ether oxygens (including phenoxy) is 2. The zero-order chi connectivity index (χ0) is 60.6. The third-order valence-electron chi connectivity index (χ3n) is 16.9. The largest absolute Gasteiger partial charge is 0.501 e. The minimum Gasteiger partial charge on any atom is -0.444 e. The number of alkyl halides is 3. The number of thioether (sulfide) groups is 1. The Balaban J connectivity index is 0.806. The summed E-state index contributed by atoms with van der Waals surface area (Å²) in [6, 6.07) is 26.5. The van der Waals surface area contributed by atoms with Gasteiger partial charge in [0.15, 0.2) is 0 Å². The molecule has 5 aliphatic rings. The maximum absolute atomic E-state index is 14.4. The molecule has 0 aromatic heterocycles. The van der Waals surface area contributed by atoms with Gasteiger partial charge in [-0.25, -0.2) is 26.4 Å². The van der Waals surface area contributed by atoms with Gasteiger partial charge in [0.05, 0.1) is 17.2 Å². The Hall–Kier alpha value is -4.91. The van der Waals surface area contributed by atoms with E-state index in [1.807, 2.05) is 72.9 Å². The molecular formula is C62H82ClF3N8O8S3. The summed E-state index contributed by atoms with van der Waals surface area (Å²) in [7, 11) is -11.0. The number of likely N-dealkylation sites (tertiary alicyclic amines) is 1.